The number of carboxylic acids is 1. The lowest BCUT2D eigenvalue weighted by Crippen LogP contribution is -2.17. The van der Waals surface area contributed by atoms with Gasteiger partial charge in [-0.3, -0.25) is 4.79 Å². The molecular formula is C9H16N4O2. The Morgan fingerprint density at radius 1 is 1.67 bits per heavy atom. The van der Waals surface area contributed by atoms with Crippen LogP contribution in [0.25, 0.3) is 0 Å². The van der Waals surface area contributed by atoms with Gasteiger partial charge in [0.1, 0.15) is 12.4 Å². The number of aryl methyl sites for hydroxylation is 1. The molecule has 84 valence electrons. The van der Waals surface area contributed by atoms with Crippen molar-refractivity contribution in [3.05, 3.63) is 5.69 Å². The smallest absolute Gasteiger partial charge is 0.322 e. The van der Waals surface area contributed by atoms with Crippen LogP contribution in [0, 0.1) is 6.92 Å². The summed E-state index contributed by atoms with van der Waals surface area (Å²) in [4.78, 5) is 10.4. The van der Waals surface area contributed by atoms with E-state index in [2.05, 4.69) is 10.4 Å². The Hall–Kier alpha value is -1.72. The molecule has 1 aromatic rings. The first kappa shape index (κ1) is 11.4. The summed E-state index contributed by atoms with van der Waals surface area (Å²) < 4.78 is 1.69. The van der Waals surface area contributed by atoms with Crippen molar-refractivity contribution >= 4 is 17.5 Å². The van der Waals surface area contributed by atoms with Crippen LogP contribution in [0.4, 0.5) is 11.5 Å². The van der Waals surface area contributed by atoms with Gasteiger partial charge in [0.2, 0.25) is 0 Å². The van der Waals surface area contributed by atoms with Gasteiger partial charge in [0.25, 0.3) is 0 Å². The second-order valence-corrected chi connectivity index (χ2v) is 3.63. The number of rotatable bonds is 4. The highest BCUT2D eigenvalue weighted by molar-refractivity contribution is 5.75. The van der Waals surface area contributed by atoms with E-state index in [1.165, 1.54) is 0 Å². The van der Waals surface area contributed by atoms with Gasteiger partial charge in [0, 0.05) is 6.04 Å². The molecule has 15 heavy (non-hydrogen) atoms. The Morgan fingerprint density at radius 3 is 2.73 bits per heavy atom. The molecular weight excluding hydrogens is 196 g/mol. The molecule has 1 heterocycles. The van der Waals surface area contributed by atoms with Crippen LogP contribution in [0.3, 0.4) is 0 Å². The third kappa shape index (κ3) is 2.39. The normalized spacial score (nSPS) is 10.7. The van der Waals surface area contributed by atoms with E-state index in [1.807, 2.05) is 13.8 Å². The van der Waals surface area contributed by atoms with E-state index in [4.69, 9.17) is 10.8 Å². The Morgan fingerprint density at radius 2 is 2.27 bits per heavy atom. The second kappa shape index (κ2) is 4.20. The summed E-state index contributed by atoms with van der Waals surface area (Å²) >= 11 is 0. The van der Waals surface area contributed by atoms with Crippen LogP contribution in [0.1, 0.15) is 25.6 Å². The zero-order valence-corrected chi connectivity index (χ0v) is 9.11. The Bertz CT molecular complexity index is 370. The first-order chi connectivity index (χ1) is 6.93. The van der Waals surface area contributed by atoms with Gasteiger partial charge in [-0.15, -0.1) is 0 Å². The lowest BCUT2D eigenvalue weighted by molar-refractivity contribution is -0.134. The van der Waals surface area contributed by atoms with Crippen LogP contribution in [0.15, 0.2) is 0 Å². The van der Waals surface area contributed by atoms with Gasteiger partial charge < -0.3 is 16.2 Å². The molecule has 0 aromatic carbocycles. The average molecular weight is 212 g/mol. The first-order valence-corrected chi connectivity index (χ1v) is 4.73. The van der Waals surface area contributed by atoms with Crippen molar-refractivity contribution in [2.24, 2.45) is 0 Å². The first-order valence-electron chi connectivity index (χ1n) is 4.73. The van der Waals surface area contributed by atoms with E-state index < -0.39 is 5.97 Å². The number of hydrogen-bond donors (Lipinski definition) is 3. The third-order valence-corrected chi connectivity index (χ3v) is 2.03. The molecule has 1 rings (SSSR count). The highest BCUT2D eigenvalue weighted by Crippen LogP contribution is 2.24. The predicted octanol–water partition coefficient (Wildman–Crippen LogP) is 0.851. The van der Waals surface area contributed by atoms with Crippen LogP contribution in [0.5, 0.6) is 0 Å². The Balaban J connectivity index is 2.97. The summed E-state index contributed by atoms with van der Waals surface area (Å²) in [5.74, 6) is -0.353. The van der Waals surface area contributed by atoms with Crippen molar-refractivity contribution < 1.29 is 9.90 Å². The maximum Gasteiger partial charge on any atom is 0.322 e. The number of aromatic nitrogens is 2. The quantitative estimate of drug-likeness (QED) is 0.688. The number of nitrogen functional groups attached to an aromatic ring is 1. The van der Waals surface area contributed by atoms with Gasteiger partial charge in [-0.2, -0.15) is 5.10 Å². The van der Waals surface area contributed by atoms with Crippen LogP contribution < -0.4 is 11.1 Å². The summed E-state index contributed by atoms with van der Waals surface area (Å²) in [7, 11) is 0. The molecule has 0 aliphatic rings. The number of anilines is 2. The topological polar surface area (TPSA) is 93.2 Å². The number of carboxylic acid groups (broad SMARTS) is 1. The fraction of sp³-hybridized carbons (Fsp3) is 0.556. The van der Waals surface area contributed by atoms with E-state index in [9.17, 15) is 4.79 Å². The van der Waals surface area contributed by atoms with Crippen molar-refractivity contribution in [3.63, 3.8) is 0 Å². The largest absolute Gasteiger partial charge is 0.480 e. The summed E-state index contributed by atoms with van der Waals surface area (Å²) in [5.41, 5.74) is 7.00. The molecule has 6 heteroatoms. The number of nitrogens with zero attached hydrogens (tertiary/aromatic N) is 2. The predicted molar refractivity (Wildman–Crippen MR) is 57.9 cm³/mol. The van der Waals surface area contributed by atoms with Crippen LogP contribution in [-0.4, -0.2) is 27.4 Å². The minimum atomic E-state index is -0.927. The van der Waals surface area contributed by atoms with Gasteiger partial charge in [-0.25, -0.2) is 4.68 Å². The summed E-state index contributed by atoms with van der Waals surface area (Å²) in [6.45, 7) is 5.54. The van der Waals surface area contributed by atoms with Crippen molar-refractivity contribution in [3.8, 4) is 0 Å². The molecule has 0 aliphatic heterocycles. The highest BCUT2D eigenvalue weighted by atomic mass is 16.4. The van der Waals surface area contributed by atoms with E-state index in [0.29, 0.717) is 17.2 Å². The number of nitrogens with one attached hydrogen (secondary N) is 1. The molecule has 4 N–H and O–H groups in total. The summed E-state index contributed by atoms with van der Waals surface area (Å²) in [6, 6.07) is 0.136. The molecule has 0 saturated carbocycles. The van der Waals surface area contributed by atoms with E-state index in [-0.39, 0.29) is 12.6 Å². The minimum absolute atomic E-state index is 0.136. The summed E-state index contributed by atoms with van der Waals surface area (Å²) in [6.07, 6.45) is 0. The zero-order valence-electron chi connectivity index (χ0n) is 9.11. The van der Waals surface area contributed by atoms with Crippen LogP contribution in [0.2, 0.25) is 0 Å². The molecule has 0 saturated heterocycles. The maximum atomic E-state index is 10.4. The van der Waals surface area contributed by atoms with Crippen molar-refractivity contribution in [1.82, 2.24) is 9.78 Å². The van der Waals surface area contributed by atoms with Crippen molar-refractivity contribution in [1.29, 1.82) is 0 Å². The number of hydrogen-bond acceptors (Lipinski definition) is 4. The van der Waals surface area contributed by atoms with E-state index >= 15 is 0 Å². The molecule has 0 atom stereocenters. The molecule has 0 radical (unpaired) electrons. The summed E-state index contributed by atoms with van der Waals surface area (Å²) in [5, 5.41) is 15.6. The second-order valence-electron chi connectivity index (χ2n) is 3.63. The lowest BCUT2D eigenvalue weighted by Gasteiger charge is -2.11. The molecule has 1 aromatic heterocycles. The number of aliphatic carboxylic acids is 1. The fourth-order valence-corrected chi connectivity index (χ4v) is 1.27. The SMILES string of the molecule is Cc1nn(C(C)C)c(NCC(=O)O)c1N. The highest BCUT2D eigenvalue weighted by Gasteiger charge is 2.14. The minimum Gasteiger partial charge on any atom is -0.480 e. The zero-order chi connectivity index (χ0) is 11.6. The monoisotopic (exact) mass is 212 g/mol. The van der Waals surface area contributed by atoms with Gasteiger partial charge in [-0.1, -0.05) is 0 Å². The Kier molecular flexibility index (Phi) is 3.18. The lowest BCUT2D eigenvalue weighted by atomic mass is 10.3. The average Bonchev–Trinajstić information content (AvgIpc) is 2.41. The molecule has 0 amide bonds. The number of nitrogens with two attached hydrogens (primary N) is 1. The number of carbonyl (C=O) groups is 1. The standard InChI is InChI=1S/C9H16N4O2/c1-5(2)13-9(11-4-7(14)15)8(10)6(3)12-13/h5,11H,4,10H2,1-3H3,(H,14,15). The van der Waals surface area contributed by atoms with Crippen LogP contribution in [-0.2, 0) is 4.79 Å². The molecule has 0 bridgehead atoms. The van der Waals surface area contributed by atoms with Gasteiger partial charge in [0.05, 0.1) is 11.4 Å². The van der Waals surface area contributed by atoms with Gasteiger partial charge >= 0.3 is 5.97 Å². The fourth-order valence-electron chi connectivity index (χ4n) is 1.27. The molecule has 0 aliphatic carbocycles. The molecule has 6 nitrogen and oxygen atoms in total. The molecule has 0 fully saturated rings. The van der Waals surface area contributed by atoms with E-state index in [1.54, 1.807) is 11.6 Å². The van der Waals surface area contributed by atoms with Crippen molar-refractivity contribution in [2.75, 3.05) is 17.6 Å². The van der Waals surface area contributed by atoms with Crippen LogP contribution >= 0.6 is 0 Å². The van der Waals surface area contributed by atoms with Gasteiger partial charge in [0.15, 0.2) is 0 Å². The van der Waals surface area contributed by atoms with E-state index in [0.717, 1.165) is 0 Å². The van der Waals surface area contributed by atoms with Crippen molar-refractivity contribution in [2.45, 2.75) is 26.8 Å². The van der Waals surface area contributed by atoms with Gasteiger partial charge in [-0.05, 0) is 20.8 Å². The Labute approximate surface area is 88.1 Å². The third-order valence-electron chi connectivity index (χ3n) is 2.03. The molecule has 0 unspecified atom stereocenters. The molecule has 0 spiro atoms. The maximum absolute atomic E-state index is 10.4.